The van der Waals surface area contributed by atoms with E-state index >= 15 is 0 Å². The molecule has 0 saturated carbocycles. The van der Waals surface area contributed by atoms with Crippen molar-refractivity contribution in [3.8, 4) is 5.75 Å². The van der Waals surface area contributed by atoms with E-state index in [1.54, 1.807) is 19.2 Å². The summed E-state index contributed by atoms with van der Waals surface area (Å²) in [7, 11) is -2.35. The van der Waals surface area contributed by atoms with Crippen LogP contribution in [-0.2, 0) is 23.1 Å². The van der Waals surface area contributed by atoms with Gasteiger partial charge in [-0.1, -0.05) is 23.7 Å². The van der Waals surface area contributed by atoms with E-state index in [1.807, 2.05) is 12.1 Å². The van der Waals surface area contributed by atoms with Gasteiger partial charge in [0, 0.05) is 6.54 Å². The minimum Gasteiger partial charge on any atom is -0.497 e. The third-order valence-corrected chi connectivity index (χ3v) is 5.88. The lowest BCUT2D eigenvalue weighted by molar-refractivity contribution is 0.0945. The summed E-state index contributed by atoms with van der Waals surface area (Å²) >= 11 is 5.63. The zero-order valence-corrected chi connectivity index (χ0v) is 17.9. The molecule has 8 nitrogen and oxygen atoms in total. The molecule has 0 spiro atoms. The van der Waals surface area contributed by atoms with Gasteiger partial charge in [-0.3, -0.25) is 9.78 Å². The van der Waals surface area contributed by atoms with E-state index in [0.717, 1.165) is 29.5 Å². The van der Waals surface area contributed by atoms with E-state index in [4.69, 9.17) is 16.3 Å². The number of amides is 1. The monoisotopic (exact) mass is 464 g/mol. The zero-order chi connectivity index (χ0) is 22.4. The van der Waals surface area contributed by atoms with Gasteiger partial charge in [0.1, 0.15) is 17.3 Å². The van der Waals surface area contributed by atoms with Crippen LogP contribution in [0.4, 0.5) is 4.39 Å². The molecule has 0 aliphatic carbocycles. The number of aromatic nitrogens is 2. The molecular formula is C20H18ClFN4O4S. The van der Waals surface area contributed by atoms with E-state index in [9.17, 15) is 17.6 Å². The second-order valence-electron chi connectivity index (χ2n) is 6.32. The SMILES string of the molecule is COc1ccc(CNC(=O)c2cnc(CNS(=O)(=O)c3ccc(F)c(Cl)c3)cn2)cc1. The molecule has 0 aliphatic heterocycles. The number of benzene rings is 2. The number of hydrogen-bond acceptors (Lipinski definition) is 6. The molecule has 0 atom stereocenters. The fraction of sp³-hybridized carbons (Fsp3) is 0.150. The van der Waals surface area contributed by atoms with Gasteiger partial charge in [-0.2, -0.15) is 0 Å². The molecule has 0 saturated heterocycles. The molecule has 1 aromatic heterocycles. The molecule has 1 heterocycles. The van der Waals surface area contributed by atoms with Crippen LogP contribution >= 0.6 is 11.6 Å². The van der Waals surface area contributed by atoms with Crippen molar-refractivity contribution >= 4 is 27.5 Å². The fourth-order valence-electron chi connectivity index (χ4n) is 2.48. The third-order valence-electron chi connectivity index (χ3n) is 4.19. The number of carbonyl (C=O) groups is 1. The van der Waals surface area contributed by atoms with Gasteiger partial charge in [-0.25, -0.2) is 22.5 Å². The zero-order valence-electron chi connectivity index (χ0n) is 16.3. The van der Waals surface area contributed by atoms with Crippen LogP contribution in [0.2, 0.25) is 5.02 Å². The number of methoxy groups -OCH3 is 1. The topological polar surface area (TPSA) is 110 Å². The van der Waals surface area contributed by atoms with Gasteiger partial charge in [-0.05, 0) is 35.9 Å². The fourth-order valence-corrected chi connectivity index (χ4v) is 3.75. The van der Waals surface area contributed by atoms with Crippen LogP contribution in [0, 0.1) is 5.82 Å². The minimum absolute atomic E-state index is 0.0884. The number of halogens is 2. The van der Waals surface area contributed by atoms with Gasteiger partial charge in [0.25, 0.3) is 5.91 Å². The van der Waals surface area contributed by atoms with Gasteiger partial charge in [0.05, 0.1) is 41.7 Å². The smallest absolute Gasteiger partial charge is 0.271 e. The van der Waals surface area contributed by atoms with Crippen LogP contribution in [0.15, 0.2) is 59.8 Å². The number of nitrogens with one attached hydrogen (secondary N) is 2. The molecular weight excluding hydrogens is 447 g/mol. The molecule has 2 aromatic carbocycles. The molecule has 162 valence electrons. The molecule has 0 fully saturated rings. The summed E-state index contributed by atoms with van der Waals surface area (Å²) in [6, 6.07) is 10.3. The lowest BCUT2D eigenvalue weighted by Crippen LogP contribution is -2.25. The average molecular weight is 465 g/mol. The number of carbonyl (C=O) groups excluding carboxylic acids is 1. The Morgan fingerprint density at radius 1 is 1.10 bits per heavy atom. The lowest BCUT2D eigenvalue weighted by atomic mass is 10.2. The Labute approximate surface area is 183 Å². The van der Waals surface area contributed by atoms with Crippen molar-refractivity contribution in [1.29, 1.82) is 0 Å². The summed E-state index contributed by atoms with van der Waals surface area (Å²) in [6.07, 6.45) is 2.55. The van der Waals surface area contributed by atoms with Crippen molar-refractivity contribution < 1.29 is 22.3 Å². The maximum Gasteiger partial charge on any atom is 0.271 e. The third kappa shape index (κ3) is 5.97. The van der Waals surface area contributed by atoms with Crippen molar-refractivity contribution in [2.45, 2.75) is 18.0 Å². The number of ether oxygens (including phenoxy) is 1. The molecule has 3 rings (SSSR count). The lowest BCUT2D eigenvalue weighted by Gasteiger charge is -2.08. The van der Waals surface area contributed by atoms with E-state index in [0.29, 0.717) is 12.2 Å². The van der Waals surface area contributed by atoms with E-state index in [2.05, 4.69) is 20.0 Å². The van der Waals surface area contributed by atoms with Gasteiger partial charge in [0.15, 0.2) is 0 Å². The maximum atomic E-state index is 13.2. The Kier molecular flexibility index (Phi) is 7.16. The number of hydrogen-bond donors (Lipinski definition) is 2. The molecule has 0 aliphatic rings. The van der Waals surface area contributed by atoms with E-state index in [1.165, 1.54) is 12.4 Å². The first-order valence-electron chi connectivity index (χ1n) is 8.95. The van der Waals surface area contributed by atoms with Crippen molar-refractivity contribution in [1.82, 2.24) is 20.0 Å². The summed E-state index contributed by atoms with van der Waals surface area (Å²) in [6.45, 7) is 0.129. The molecule has 0 unspecified atom stereocenters. The second kappa shape index (κ2) is 9.82. The van der Waals surface area contributed by atoms with Crippen LogP contribution < -0.4 is 14.8 Å². The number of rotatable bonds is 8. The van der Waals surface area contributed by atoms with Crippen molar-refractivity contribution in [2.75, 3.05) is 7.11 Å². The Morgan fingerprint density at radius 3 is 2.45 bits per heavy atom. The molecule has 0 radical (unpaired) electrons. The predicted molar refractivity (Wildman–Crippen MR) is 112 cm³/mol. The van der Waals surface area contributed by atoms with Gasteiger partial charge in [0.2, 0.25) is 10.0 Å². The van der Waals surface area contributed by atoms with Crippen LogP contribution in [0.5, 0.6) is 5.75 Å². The highest BCUT2D eigenvalue weighted by Crippen LogP contribution is 2.19. The second-order valence-corrected chi connectivity index (χ2v) is 8.50. The number of nitrogens with zero attached hydrogens (tertiary/aromatic N) is 2. The quantitative estimate of drug-likeness (QED) is 0.530. The van der Waals surface area contributed by atoms with E-state index < -0.39 is 21.7 Å². The molecule has 0 bridgehead atoms. The van der Waals surface area contributed by atoms with Crippen molar-refractivity contribution in [3.05, 3.63) is 82.6 Å². The first-order valence-corrected chi connectivity index (χ1v) is 10.8. The average Bonchev–Trinajstić information content (AvgIpc) is 2.78. The molecule has 3 aromatic rings. The molecule has 1 amide bonds. The summed E-state index contributed by atoms with van der Waals surface area (Å²) in [5, 5.41) is 2.42. The summed E-state index contributed by atoms with van der Waals surface area (Å²) in [4.78, 5) is 20.1. The molecule has 2 N–H and O–H groups in total. The summed E-state index contributed by atoms with van der Waals surface area (Å²) in [5.41, 5.74) is 1.27. The van der Waals surface area contributed by atoms with Crippen molar-refractivity contribution in [3.63, 3.8) is 0 Å². The van der Waals surface area contributed by atoms with Crippen LogP contribution in [0.3, 0.4) is 0 Å². The van der Waals surface area contributed by atoms with Gasteiger partial charge in [-0.15, -0.1) is 0 Å². The first kappa shape index (κ1) is 22.6. The van der Waals surface area contributed by atoms with Crippen LogP contribution in [-0.4, -0.2) is 31.4 Å². The normalized spacial score (nSPS) is 11.2. The maximum absolute atomic E-state index is 13.2. The Morgan fingerprint density at radius 2 is 1.84 bits per heavy atom. The van der Waals surface area contributed by atoms with Gasteiger partial charge >= 0.3 is 0 Å². The van der Waals surface area contributed by atoms with E-state index in [-0.39, 0.29) is 22.2 Å². The Balaban J connectivity index is 1.56. The Bertz CT molecular complexity index is 1170. The summed E-state index contributed by atoms with van der Waals surface area (Å²) < 4.78 is 45.2. The highest BCUT2D eigenvalue weighted by atomic mass is 35.5. The molecule has 11 heteroatoms. The number of sulfonamides is 1. The first-order chi connectivity index (χ1) is 14.8. The summed E-state index contributed by atoms with van der Waals surface area (Å²) in [5.74, 6) is -0.418. The van der Waals surface area contributed by atoms with Crippen LogP contribution in [0.25, 0.3) is 0 Å². The predicted octanol–water partition coefficient (Wildman–Crippen LogP) is 2.69. The Hall–Kier alpha value is -3.08. The van der Waals surface area contributed by atoms with Gasteiger partial charge < -0.3 is 10.1 Å². The minimum atomic E-state index is -3.93. The highest BCUT2D eigenvalue weighted by molar-refractivity contribution is 7.89. The standard InChI is InChI=1S/C20H18ClFN4O4S/c1-30-15-4-2-13(3-5-15)9-25-20(27)19-12-23-14(10-24-19)11-26-31(28,29)16-6-7-18(22)17(21)8-16/h2-8,10,12,26H,9,11H2,1H3,(H,25,27). The molecule has 31 heavy (non-hydrogen) atoms. The highest BCUT2D eigenvalue weighted by Gasteiger charge is 2.16. The van der Waals surface area contributed by atoms with Crippen molar-refractivity contribution in [2.24, 2.45) is 0 Å². The largest absolute Gasteiger partial charge is 0.497 e. The van der Waals surface area contributed by atoms with Crippen LogP contribution in [0.1, 0.15) is 21.7 Å².